The van der Waals surface area contributed by atoms with Crippen LogP contribution in [0.1, 0.15) is 31.0 Å². The van der Waals surface area contributed by atoms with Gasteiger partial charge in [-0.05, 0) is 19.1 Å². The molecule has 122 valence electrons. The first-order valence-electron chi connectivity index (χ1n) is 8.97. The minimum absolute atomic E-state index is 0.813. The summed E-state index contributed by atoms with van der Waals surface area (Å²) < 4.78 is 0. The fourth-order valence-electron chi connectivity index (χ4n) is 3.79. The zero-order chi connectivity index (χ0) is 15.9. The summed E-state index contributed by atoms with van der Waals surface area (Å²) in [6.07, 6.45) is 4.57. The predicted molar refractivity (Wildman–Crippen MR) is 93.3 cm³/mol. The number of pyridine rings is 1. The van der Waals surface area contributed by atoms with Gasteiger partial charge < -0.3 is 9.80 Å². The van der Waals surface area contributed by atoms with Crippen LogP contribution in [0.4, 0.5) is 0 Å². The molecule has 0 spiro atoms. The Morgan fingerprint density at radius 3 is 2.43 bits per heavy atom. The van der Waals surface area contributed by atoms with Gasteiger partial charge in [0.25, 0.3) is 0 Å². The van der Waals surface area contributed by atoms with Crippen molar-refractivity contribution >= 4 is 0 Å². The highest BCUT2D eigenvalue weighted by molar-refractivity contribution is 5.13. The second-order valence-electron chi connectivity index (χ2n) is 6.70. The van der Waals surface area contributed by atoms with Crippen LogP contribution in [-0.4, -0.2) is 30.7 Å². The van der Waals surface area contributed by atoms with E-state index >= 15 is 0 Å². The summed E-state index contributed by atoms with van der Waals surface area (Å²) in [5.74, 6) is 0. The third-order valence-corrected chi connectivity index (χ3v) is 5.16. The molecule has 0 bridgehead atoms. The van der Waals surface area contributed by atoms with Gasteiger partial charge in [0, 0.05) is 24.6 Å². The van der Waals surface area contributed by atoms with Crippen molar-refractivity contribution in [2.24, 2.45) is 0 Å². The highest BCUT2D eigenvalue weighted by Crippen LogP contribution is 2.01. The number of piperidine rings is 1. The van der Waals surface area contributed by atoms with Gasteiger partial charge in [-0.3, -0.25) is 4.98 Å². The molecule has 2 aromatic rings. The standard InChI is InChI=1S/C20H27N3/c1-2-23(16-18-8-4-3-5-9-18)20-11-14-22(15-12-20)17-19-10-6-7-13-21-19/h3-10,13,20H,2,11-12,14-17H2,1H3/p+2. The normalized spacial score (nSPS) is 22.7. The summed E-state index contributed by atoms with van der Waals surface area (Å²) in [7, 11) is 0. The van der Waals surface area contributed by atoms with E-state index in [1.54, 1.807) is 9.80 Å². The number of rotatable bonds is 6. The first kappa shape index (κ1) is 16.2. The number of nitrogens with one attached hydrogen (secondary N) is 2. The molecule has 1 aliphatic rings. The summed E-state index contributed by atoms with van der Waals surface area (Å²) in [5.41, 5.74) is 2.69. The lowest BCUT2D eigenvalue weighted by molar-refractivity contribution is -0.970. The van der Waals surface area contributed by atoms with Crippen LogP contribution >= 0.6 is 0 Å². The highest BCUT2D eigenvalue weighted by atomic mass is 15.2. The lowest BCUT2D eigenvalue weighted by Gasteiger charge is -2.33. The Balaban J connectivity index is 1.51. The topological polar surface area (TPSA) is 21.8 Å². The van der Waals surface area contributed by atoms with Crippen molar-refractivity contribution in [1.29, 1.82) is 0 Å². The molecule has 1 atom stereocenters. The summed E-state index contributed by atoms with van der Waals surface area (Å²) in [5, 5.41) is 0. The van der Waals surface area contributed by atoms with Gasteiger partial charge in [0.2, 0.25) is 0 Å². The second kappa shape index (κ2) is 8.23. The van der Waals surface area contributed by atoms with Gasteiger partial charge in [-0.1, -0.05) is 36.4 Å². The summed E-state index contributed by atoms with van der Waals surface area (Å²) in [6.45, 7) is 8.34. The molecule has 1 fully saturated rings. The van der Waals surface area contributed by atoms with Crippen LogP contribution < -0.4 is 9.80 Å². The first-order valence-corrected chi connectivity index (χ1v) is 8.97. The molecule has 1 aliphatic heterocycles. The molecule has 3 rings (SSSR count). The number of hydrogen-bond acceptors (Lipinski definition) is 1. The highest BCUT2D eigenvalue weighted by Gasteiger charge is 2.29. The van der Waals surface area contributed by atoms with E-state index in [2.05, 4.69) is 54.4 Å². The fourth-order valence-corrected chi connectivity index (χ4v) is 3.79. The zero-order valence-electron chi connectivity index (χ0n) is 14.2. The molecule has 0 saturated carbocycles. The van der Waals surface area contributed by atoms with E-state index in [1.807, 2.05) is 12.3 Å². The van der Waals surface area contributed by atoms with Crippen molar-refractivity contribution in [2.75, 3.05) is 19.6 Å². The minimum atomic E-state index is 0.813. The van der Waals surface area contributed by atoms with Crippen molar-refractivity contribution in [3.05, 3.63) is 66.0 Å². The minimum Gasteiger partial charge on any atom is -0.330 e. The number of quaternary nitrogens is 2. The molecular weight excluding hydrogens is 282 g/mol. The number of benzene rings is 1. The molecule has 1 saturated heterocycles. The van der Waals surface area contributed by atoms with Crippen LogP contribution in [0.25, 0.3) is 0 Å². The molecule has 3 heteroatoms. The summed E-state index contributed by atoms with van der Waals surface area (Å²) in [4.78, 5) is 7.91. The molecular formula is C20H29N3+2. The van der Waals surface area contributed by atoms with Crippen molar-refractivity contribution in [1.82, 2.24) is 4.98 Å². The molecule has 1 aromatic heterocycles. The third kappa shape index (κ3) is 4.63. The molecule has 2 heterocycles. The molecule has 3 nitrogen and oxygen atoms in total. The Kier molecular flexibility index (Phi) is 5.78. The zero-order valence-corrected chi connectivity index (χ0v) is 14.2. The molecule has 1 unspecified atom stereocenters. The average Bonchev–Trinajstić information content (AvgIpc) is 2.62. The lowest BCUT2D eigenvalue weighted by Crippen LogP contribution is -3.19. The van der Waals surface area contributed by atoms with E-state index in [4.69, 9.17) is 0 Å². The average molecular weight is 311 g/mol. The molecule has 23 heavy (non-hydrogen) atoms. The Morgan fingerprint density at radius 2 is 1.78 bits per heavy atom. The van der Waals surface area contributed by atoms with Crippen molar-refractivity contribution in [2.45, 2.75) is 38.9 Å². The number of aromatic nitrogens is 1. The maximum Gasteiger partial charge on any atom is 0.120 e. The van der Waals surface area contributed by atoms with E-state index in [-0.39, 0.29) is 0 Å². The molecule has 0 aliphatic carbocycles. The Labute approximate surface area is 140 Å². The van der Waals surface area contributed by atoms with E-state index < -0.39 is 0 Å². The second-order valence-corrected chi connectivity index (χ2v) is 6.70. The molecule has 0 radical (unpaired) electrons. The van der Waals surface area contributed by atoms with Crippen molar-refractivity contribution < 1.29 is 9.80 Å². The van der Waals surface area contributed by atoms with Gasteiger partial charge in [0.1, 0.15) is 13.1 Å². The maximum atomic E-state index is 4.47. The quantitative estimate of drug-likeness (QED) is 0.807. The smallest absolute Gasteiger partial charge is 0.120 e. The first-order chi connectivity index (χ1) is 11.3. The number of nitrogens with zero attached hydrogens (tertiary/aromatic N) is 1. The Morgan fingerprint density at radius 1 is 1.04 bits per heavy atom. The van der Waals surface area contributed by atoms with E-state index in [0.29, 0.717) is 0 Å². The van der Waals surface area contributed by atoms with Gasteiger partial charge in [-0.15, -0.1) is 0 Å². The van der Waals surface area contributed by atoms with Gasteiger partial charge in [-0.25, -0.2) is 0 Å². The molecule has 1 aromatic carbocycles. The van der Waals surface area contributed by atoms with Gasteiger partial charge >= 0.3 is 0 Å². The van der Waals surface area contributed by atoms with Crippen LogP contribution in [0.2, 0.25) is 0 Å². The summed E-state index contributed by atoms with van der Waals surface area (Å²) >= 11 is 0. The Bertz CT molecular complexity index is 562. The SMILES string of the molecule is CC[NH+](Cc1ccccc1)C1CC[NH+](Cc2ccccn2)CC1. The number of likely N-dealkylation sites (tertiary alicyclic amines) is 1. The predicted octanol–water partition coefficient (Wildman–Crippen LogP) is 0.734. The maximum absolute atomic E-state index is 4.47. The molecule has 2 N–H and O–H groups in total. The van der Waals surface area contributed by atoms with Crippen LogP contribution in [0.15, 0.2) is 54.7 Å². The van der Waals surface area contributed by atoms with Crippen LogP contribution in [-0.2, 0) is 13.1 Å². The van der Waals surface area contributed by atoms with Gasteiger partial charge in [0.05, 0.1) is 31.4 Å². The van der Waals surface area contributed by atoms with Crippen molar-refractivity contribution in [3.8, 4) is 0 Å². The third-order valence-electron chi connectivity index (χ3n) is 5.16. The van der Waals surface area contributed by atoms with E-state index in [0.717, 1.165) is 19.1 Å². The van der Waals surface area contributed by atoms with E-state index in [1.165, 1.54) is 43.7 Å². The van der Waals surface area contributed by atoms with Crippen LogP contribution in [0, 0.1) is 0 Å². The lowest BCUT2D eigenvalue weighted by atomic mass is 10.0. The van der Waals surface area contributed by atoms with Gasteiger partial charge in [0.15, 0.2) is 0 Å². The Hall–Kier alpha value is -1.71. The van der Waals surface area contributed by atoms with E-state index in [9.17, 15) is 0 Å². The monoisotopic (exact) mass is 311 g/mol. The fraction of sp³-hybridized carbons (Fsp3) is 0.450. The largest absolute Gasteiger partial charge is 0.330 e. The number of hydrogen-bond donors (Lipinski definition) is 2. The summed E-state index contributed by atoms with van der Waals surface area (Å²) in [6, 6.07) is 18.0. The van der Waals surface area contributed by atoms with Crippen molar-refractivity contribution in [3.63, 3.8) is 0 Å². The van der Waals surface area contributed by atoms with Crippen LogP contribution in [0.3, 0.4) is 0 Å². The van der Waals surface area contributed by atoms with Gasteiger partial charge in [-0.2, -0.15) is 0 Å². The molecule has 0 amide bonds. The van der Waals surface area contributed by atoms with Crippen LogP contribution in [0.5, 0.6) is 0 Å².